The molecule has 0 amide bonds. The molecular formula is C12H17N5S. The molecule has 0 radical (unpaired) electrons. The van der Waals surface area contributed by atoms with Crippen molar-refractivity contribution in [2.75, 3.05) is 17.7 Å². The fourth-order valence-corrected chi connectivity index (χ4v) is 2.25. The lowest BCUT2D eigenvalue weighted by molar-refractivity contribution is 0.933. The van der Waals surface area contributed by atoms with Crippen LogP contribution >= 0.6 is 11.3 Å². The summed E-state index contributed by atoms with van der Waals surface area (Å²) in [6.07, 6.45) is 2.71. The topological polar surface area (TPSA) is 62.7 Å². The smallest absolute Gasteiger partial charge is 0.132 e. The molecule has 2 heterocycles. The van der Waals surface area contributed by atoms with Crippen molar-refractivity contribution in [1.82, 2.24) is 15.0 Å². The van der Waals surface area contributed by atoms with Gasteiger partial charge in [0.1, 0.15) is 22.5 Å². The van der Waals surface area contributed by atoms with E-state index in [4.69, 9.17) is 0 Å². The molecule has 0 aliphatic heterocycles. The van der Waals surface area contributed by atoms with Crippen LogP contribution in [0.3, 0.4) is 0 Å². The Morgan fingerprint density at radius 2 is 2.06 bits per heavy atom. The molecule has 2 aromatic rings. The van der Waals surface area contributed by atoms with Gasteiger partial charge in [0.2, 0.25) is 0 Å². The summed E-state index contributed by atoms with van der Waals surface area (Å²) in [6, 6.07) is 1.90. The van der Waals surface area contributed by atoms with E-state index < -0.39 is 0 Å². The van der Waals surface area contributed by atoms with Crippen molar-refractivity contribution in [3.8, 4) is 0 Å². The molecular weight excluding hydrogens is 246 g/mol. The molecule has 0 fully saturated rings. The quantitative estimate of drug-likeness (QED) is 0.867. The van der Waals surface area contributed by atoms with E-state index in [1.807, 2.05) is 26.2 Å². The highest BCUT2D eigenvalue weighted by Crippen LogP contribution is 2.15. The number of anilines is 2. The van der Waals surface area contributed by atoms with Crippen LogP contribution in [0.25, 0.3) is 0 Å². The average Bonchev–Trinajstić information content (AvgIpc) is 2.81. The van der Waals surface area contributed by atoms with Gasteiger partial charge in [-0.15, -0.1) is 11.3 Å². The van der Waals surface area contributed by atoms with Crippen LogP contribution in [0.1, 0.15) is 22.6 Å². The van der Waals surface area contributed by atoms with Crippen LogP contribution in [0.4, 0.5) is 11.6 Å². The molecule has 0 unspecified atom stereocenters. The Balaban J connectivity index is 2.08. The molecule has 96 valence electrons. The van der Waals surface area contributed by atoms with Gasteiger partial charge in [0.25, 0.3) is 0 Å². The Morgan fingerprint density at radius 3 is 2.67 bits per heavy atom. The van der Waals surface area contributed by atoms with Crippen molar-refractivity contribution in [2.45, 2.75) is 26.8 Å². The number of rotatable bonds is 5. The van der Waals surface area contributed by atoms with Gasteiger partial charge < -0.3 is 10.6 Å². The van der Waals surface area contributed by atoms with Crippen LogP contribution in [-0.4, -0.2) is 22.0 Å². The number of nitrogens with zero attached hydrogens (tertiary/aromatic N) is 3. The molecule has 2 N–H and O–H groups in total. The van der Waals surface area contributed by atoms with E-state index in [1.54, 1.807) is 11.3 Å². The van der Waals surface area contributed by atoms with Crippen LogP contribution in [0.5, 0.6) is 0 Å². The van der Waals surface area contributed by atoms with E-state index in [1.165, 1.54) is 4.88 Å². The van der Waals surface area contributed by atoms with Gasteiger partial charge in [-0.2, -0.15) is 0 Å². The molecule has 0 saturated heterocycles. The standard InChI is InChI=1S/C12H17N5S/c1-4-9-16-10(13-3)5-11(17-9)14-7-12-15-6-8(2)18-12/h5-6H,4,7H2,1-3H3,(H2,13,14,16,17). The Morgan fingerprint density at radius 1 is 1.28 bits per heavy atom. The van der Waals surface area contributed by atoms with E-state index in [9.17, 15) is 0 Å². The van der Waals surface area contributed by atoms with Crippen molar-refractivity contribution >= 4 is 23.0 Å². The number of hydrogen-bond donors (Lipinski definition) is 2. The monoisotopic (exact) mass is 263 g/mol. The fourth-order valence-electron chi connectivity index (χ4n) is 1.52. The minimum Gasteiger partial charge on any atom is -0.373 e. The summed E-state index contributed by atoms with van der Waals surface area (Å²) >= 11 is 1.69. The second kappa shape index (κ2) is 5.77. The molecule has 0 aromatic carbocycles. The Kier molecular flexibility index (Phi) is 4.09. The van der Waals surface area contributed by atoms with Crippen LogP contribution in [-0.2, 0) is 13.0 Å². The van der Waals surface area contributed by atoms with Crippen LogP contribution in [0.2, 0.25) is 0 Å². The number of nitrogens with one attached hydrogen (secondary N) is 2. The third-order valence-corrected chi connectivity index (χ3v) is 3.35. The molecule has 2 rings (SSSR count). The Labute approximate surface area is 111 Å². The van der Waals surface area contributed by atoms with Gasteiger partial charge in [-0.3, -0.25) is 0 Å². The maximum absolute atomic E-state index is 4.44. The van der Waals surface area contributed by atoms with Crippen molar-refractivity contribution < 1.29 is 0 Å². The maximum atomic E-state index is 4.44. The molecule has 2 aromatic heterocycles. The molecule has 18 heavy (non-hydrogen) atoms. The van der Waals surface area contributed by atoms with E-state index in [0.717, 1.165) is 28.9 Å². The fraction of sp³-hybridized carbons (Fsp3) is 0.417. The number of hydrogen-bond acceptors (Lipinski definition) is 6. The molecule has 0 atom stereocenters. The summed E-state index contributed by atoms with van der Waals surface area (Å²) in [4.78, 5) is 14.3. The lowest BCUT2D eigenvalue weighted by atomic mass is 10.4. The average molecular weight is 263 g/mol. The van der Waals surface area contributed by atoms with Gasteiger partial charge in [-0.05, 0) is 6.92 Å². The number of aromatic nitrogens is 3. The molecule has 6 heteroatoms. The van der Waals surface area contributed by atoms with E-state index in [-0.39, 0.29) is 0 Å². The second-order valence-corrected chi connectivity index (χ2v) is 5.20. The maximum Gasteiger partial charge on any atom is 0.132 e. The Bertz CT molecular complexity index is 501. The molecule has 0 saturated carbocycles. The summed E-state index contributed by atoms with van der Waals surface area (Å²) in [5, 5.41) is 7.39. The van der Waals surface area contributed by atoms with Gasteiger partial charge in [-0.25, -0.2) is 15.0 Å². The zero-order valence-corrected chi connectivity index (χ0v) is 11.6. The van der Waals surface area contributed by atoms with Gasteiger partial charge >= 0.3 is 0 Å². The second-order valence-electron chi connectivity index (χ2n) is 3.88. The third-order valence-electron chi connectivity index (χ3n) is 2.43. The first kappa shape index (κ1) is 12.8. The minimum atomic E-state index is 0.696. The van der Waals surface area contributed by atoms with E-state index in [2.05, 4.69) is 32.5 Å². The van der Waals surface area contributed by atoms with Crippen LogP contribution < -0.4 is 10.6 Å². The van der Waals surface area contributed by atoms with Gasteiger partial charge in [0, 0.05) is 30.6 Å². The van der Waals surface area contributed by atoms with E-state index >= 15 is 0 Å². The largest absolute Gasteiger partial charge is 0.373 e. The number of thiazole rings is 1. The SMILES string of the molecule is CCc1nc(NC)cc(NCc2ncc(C)s2)n1. The van der Waals surface area contributed by atoms with E-state index in [0.29, 0.717) is 6.54 Å². The van der Waals surface area contributed by atoms with Gasteiger partial charge in [0.15, 0.2) is 0 Å². The zero-order chi connectivity index (χ0) is 13.0. The lowest BCUT2D eigenvalue weighted by Crippen LogP contribution is -2.06. The van der Waals surface area contributed by atoms with Crippen molar-refractivity contribution in [3.63, 3.8) is 0 Å². The van der Waals surface area contributed by atoms with Gasteiger partial charge in [-0.1, -0.05) is 6.92 Å². The molecule has 0 aliphatic carbocycles. The normalized spacial score (nSPS) is 10.4. The van der Waals surface area contributed by atoms with Crippen molar-refractivity contribution in [1.29, 1.82) is 0 Å². The predicted molar refractivity (Wildman–Crippen MR) is 75.1 cm³/mol. The highest BCUT2D eigenvalue weighted by molar-refractivity contribution is 7.11. The molecule has 0 bridgehead atoms. The van der Waals surface area contributed by atoms with Crippen molar-refractivity contribution in [2.24, 2.45) is 0 Å². The third kappa shape index (κ3) is 3.16. The lowest BCUT2D eigenvalue weighted by Gasteiger charge is -2.07. The first-order valence-electron chi connectivity index (χ1n) is 5.92. The molecule has 0 aliphatic rings. The van der Waals surface area contributed by atoms with Gasteiger partial charge in [0.05, 0.1) is 6.54 Å². The summed E-state index contributed by atoms with van der Waals surface area (Å²) in [6.45, 7) is 4.80. The highest BCUT2D eigenvalue weighted by atomic mass is 32.1. The summed E-state index contributed by atoms with van der Waals surface area (Å²) in [7, 11) is 1.86. The van der Waals surface area contributed by atoms with Crippen LogP contribution in [0, 0.1) is 6.92 Å². The summed E-state index contributed by atoms with van der Waals surface area (Å²) in [5.74, 6) is 2.50. The predicted octanol–water partition coefficient (Wildman–Crippen LogP) is 2.46. The first-order valence-corrected chi connectivity index (χ1v) is 6.73. The number of aryl methyl sites for hydroxylation is 2. The van der Waals surface area contributed by atoms with Crippen LogP contribution in [0.15, 0.2) is 12.3 Å². The highest BCUT2D eigenvalue weighted by Gasteiger charge is 2.03. The summed E-state index contributed by atoms with van der Waals surface area (Å²) in [5.41, 5.74) is 0. The molecule has 0 spiro atoms. The minimum absolute atomic E-state index is 0.696. The molecule has 5 nitrogen and oxygen atoms in total. The zero-order valence-electron chi connectivity index (χ0n) is 10.8. The van der Waals surface area contributed by atoms with Crippen molar-refractivity contribution in [3.05, 3.63) is 28.0 Å². The Hall–Kier alpha value is -1.69. The first-order chi connectivity index (χ1) is 8.71. The summed E-state index contributed by atoms with van der Waals surface area (Å²) < 4.78 is 0.